The Hall–Kier alpha value is -2.70. The number of methoxy groups -OCH3 is 1. The summed E-state index contributed by atoms with van der Waals surface area (Å²) in [6.07, 6.45) is 5.79. The number of nitrogens with zero attached hydrogens (tertiary/aromatic N) is 2. The van der Waals surface area contributed by atoms with Crippen LogP contribution in [0.2, 0.25) is 0 Å². The average Bonchev–Trinajstić information content (AvgIpc) is 3.08. The van der Waals surface area contributed by atoms with Gasteiger partial charge in [0.1, 0.15) is 17.1 Å². The molecule has 7 heteroatoms. The molecule has 3 amide bonds. The van der Waals surface area contributed by atoms with E-state index in [9.17, 15) is 9.59 Å². The molecule has 0 spiro atoms. The van der Waals surface area contributed by atoms with Gasteiger partial charge in [-0.15, -0.1) is 0 Å². The van der Waals surface area contributed by atoms with Gasteiger partial charge >= 0.3 is 6.03 Å². The van der Waals surface area contributed by atoms with Gasteiger partial charge in [-0.25, -0.2) is 4.79 Å². The zero-order chi connectivity index (χ0) is 20.4. The van der Waals surface area contributed by atoms with E-state index >= 15 is 0 Å². The third-order valence-electron chi connectivity index (χ3n) is 6.07. The van der Waals surface area contributed by atoms with Crippen LogP contribution in [0.3, 0.4) is 0 Å². The SMILES string of the molecule is COc1ccc2oc(C)c(C(=O)N3CCN(C(=O)NC4CCCCC4)CC3)c2c1. The van der Waals surface area contributed by atoms with E-state index in [-0.39, 0.29) is 11.9 Å². The number of hydrogen-bond donors (Lipinski definition) is 1. The van der Waals surface area contributed by atoms with Crippen LogP contribution in [0.25, 0.3) is 11.0 Å². The average molecular weight is 399 g/mol. The Morgan fingerprint density at radius 3 is 2.45 bits per heavy atom. The van der Waals surface area contributed by atoms with Gasteiger partial charge in [0.2, 0.25) is 0 Å². The lowest BCUT2D eigenvalue weighted by atomic mass is 9.96. The second-order valence-corrected chi connectivity index (χ2v) is 7.96. The predicted octanol–water partition coefficient (Wildman–Crippen LogP) is 3.55. The number of nitrogens with one attached hydrogen (secondary N) is 1. The molecule has 1 N–H and O–H groups in total. The lowest BCUT2D eigenvalue weighted by Crippen LogP contribution is -2.54. The second-order valence-electron chi connectivity index (χ2n) is 7.96. The predicted molar refractivity (Wildman–Crippen MR) is 110 cm³/mol. The van der Waals surface area contributed by atoms with E-state index in [1.165, 1.54) is 19.3 Å². The summed E-state index contributed by atoms with van der Waals surface area (Å²) in [6, 6.07) is 5.78. The molecule has 0 bridgehead atoms. The maximum absolute atomic E-state index is 13.2. The summed E-state index contributed by atoms with van der Waals surface area (Å²) in [4.78, 5) is 29.4. The van der Waals surface area contributed by atoms with E-state index in [0.29, 0.717) is 54.9 Å². The standard InChI is InChI=1S/C22H29N3O4/c1-15-20(18-14-17(28-2)8-9-19(18)29-15)21(26)24-10-12-25(13-11-24)22(27)23-16-6-4-3-5-7-16/h8-9,14,16H,3-7,10-13H2,1-2H3,(H,23,27). The third kappa shape index (κ3) is 4.04. The number of rotatable bonds is 3. The van der Waals surface area contributed by atoms with Crippen LogP contribution in [0.15, 0.2) is 22.6 Å². The minimum atomic E-state index is -0.0539. The minimum absolute atomic E-state index is 0.00123. The van der Waals surface area contributed by atoms with E-state index < -0.39 is 0 Å². The highest BCUT2D eigenvalue weighted by Crippen LogP contribution is 2.30. The van der Waals surface area contributed by atoms with Crippen LogP contribution in [0.1, 0.15) is 48.2 Å². The lowest BCUT2D eigenvalue weighted by molar-refractivity contribution is 0.0662. The van der Waals surface area contributed by atoms with Crippen LogP contribution in [0.5, 0.6) is 5.75 Å². The molecule has 1 aliphatic heterocycles. The van der Waals surface area contributed by atoms with Gasteiger partial charge in [0.05, 0.1) is 12.7 Å². The molecule has 1 saturated heterocycles. The number of hydrogen-bond acceptors (Lipinski definition) is 4. The normalized spacial score (nSPS) is 18.1. The topological polar surface area (TPSA) is 75.0 Å². The Morgan fingerprint density at radius 2 is 1.76 bits per heavy atom. The highest BCUT2D eigenvalue weighted by atomic mass is 16.5. The molecule has 2 aliphatic rings. The summed E-state index contributed by atoms with van der Waals surface area (Å²) >= 11 is 0. The number of ether oxygens (including phenoxy) is 1. The van der Waals surface area contributed by atoms with E-state index in [0.717, 1.165) is 18.2 Å². The molecule has 0 atom stereocenters. The van der Waals surface area contributed by atoms with Crippen molar-refractivity contribution in [2.45, 2.75) is 45.1 Å². The first-order valence-electron chi connectivity index (χ1n) is 10.5. The van der Waals surface area contributed by atoms with Gasteiger partial charge < -0.3 is 24.3 Å². The van der Waals surface area contributed by atoms with Crippen molar-refractivity contribution in [2.75, 3.05) is 33.3 Å². The Balaban J connectivity index is 1.41. The molecule has 4 rings (SSSR count). The molecule has 2 heterocycles. The lowest BCUT2D eigenvalue weighted by Gasteiger charge is -2.36. The number of carbonyl (C=O) groups excluding carboxylic acids is 2. The number of piperazine rings is 1. The first-order chi connectivity index (χ1) is 14.1. The molecule has 1 saturated carbocycles. The van der Waals surface area contributed by atoms with Crippen molar-refractivity contribution >= 4 is 22.9 Å². The van der Waals surface area contributed by atoms with Gasteiger partial charge in [0, 0.05) is 37.6 Å². The second kappa shape index (κ2) is 8.35. The largest absolute Gasteiger partial charge is 0.497 e. The molecular weight excluding hydrogens is 370 g/mol. The van der Waals surface area contributed by atoms with Crippen LogP contribution in [-0.2, 0) is 0 Å². The third-order valence-corrected chi connectivity index (χ3v) is 6.07. The molecule has 2 aromatic rings. The van der Waals surface area contributed by atoms with Crippen LogP contribution in [-0.4, -0.2) is 61.1 Å². The molecule has 0 radical (unpaired) electrons. The Bertz CT molecular complexity index is 893. The van der Waals surface area contributed by atoms with Gasteiger partial charge in [-0.2, -0.15) is 0 Å². The zero-order valence-electron chi connectivity index (χ0n) is 17.2. The Morgan fingerprint density at radius 1 is 1.07 bits per heavy atom. The molecule has 7 nitrogen and oxygen atoms in total. The highest BCUT2D eigenvalue weighted by Gasteiger charge is 2.29. The summed E-state index contributed by atoms with van der Waals surface area (Å²) in [6.45, 7) is 3.94. The van der Waals surface area contributed by atoms with Gasteiger partial charge in [0.15, 0.2) is 0 Å². The van der Waals surface area contributed by atoms with E-state index in [1.807, 2.05) is 30.0 Å². The molecule has 29 heavy (non-hydrogen) atoms. The Labute approximate surface area is 171 Å². The van der Waals surface area contributed by atoms with Crippen molar-refractivity contribution < 1.29 is 18.7 Å². The summed E-state index contributed by atoms with van der Waals surface area (Å²) < 4.78 is 11.1. The Kier molecular flexibility index (Phi) is 5.65. The van der Waals surface area contributed by atoms with Gasteiger partial charge in [-0.05, 0) is 38.0 Å². The van der Waals surface area contributed by atoms with Crippen molar-refractivity contribution in [3.63, 3.8) is 0 Å². The number of amides is 3. The maximum Gasteiger partial charge on any atom is 0.317 e. The van der Waals surface area contributed by atoms with Gasteiger partial charge in [-0.1, -0.05) is 19.3 Å². The molecule has 2 fully saturated rings. The minimum Gasteiger partial charge on any atom is -0.497 e. The summed E-state index contributed by atoms with van der Waals surface area (Å²) in [5, 5.41) is 3.93. The van der Waals surface area contributed by atoms with Gasteiger partial charge in [0.25, 0.3) is 5.91 Å². The molecular formula is C22H29N3O4. The van der Waals surface area contributed by atoms with Crippen molar-refractivity contribution in [1.29, 1.82) is 0 Å². The summed E-state index contributed by atoms with van der Waals surface area (Å²) in [7, 11) is 1.60. The number of benzene rings is 1. The number of aryl methyl sites for hydroxylation is 1. The van der Waals surface area contributed by atoms with Crippen molar-refractivity contribution in [2.24, 2.45) is 0 Å². The highest BCUT2D eigenvalue weighted by molar-refractivity contribution is 6.07. The molecule has 1 aromatic carbocycles. The maximum atomic E-state index is 13.2. The van der Waals surface area contributed by atoms with Crippen LogP contribution >= 0.6 is 0 Å². The fourth-order valence-corrected chi connectivity index (χ4v) is 4.38. The first kappa shape index (κ1) is 19.6. The number of urea groups is 1. The number of carbonyl (C=O) groups is 2. The van der Waals surface area contributed by atoms with E-state index in [4.69, 9.17) is 9.15 Å². The van der Waals surface area contributed by atoms with Gasteiger partial charge in [-0.3, -0.25) is 4.79 Å². The smallest absolute Gasteiger partial charge is 0.317 e. The van der Waals surface area contributed by atoms with E-state index in [1.54, 1.807) is 12.0 Å². The van der Waals surface area contributed by atoms with Crippen LogP contribution in [0, 0.1) is 6.92 Å². The molecule has 156 valence electrons. The fourth-order valence-electron chi connectivity index (χ4n) is 4.38. The zero-order valence-corrected chi connectivity index (χ0v) is 17.2. The van der Waals surface area contributed by atoms with Crippen LogP contribution in [0.4, 0.5) is 4.79 Å². The fraction of sp³-hybridized carbons (Fsp3) is 0.545. The molecule has 0 unspecified atom stereocenters. The van der Waals surface area contributed by atoms with E-state index in [2.05, 4.69) is 5.32 Å². The molecule has 1 aromatic heterocycles. The first-order valence-corrected chi connectivity index (χ1v) is 10.5. The van der Waals surface area contributed by atoms with Crippen LogP contribution < -0.4 is 10.1 Å². The van der Waals surface area contributed by atoms with Crippen molar-refractivity contribution in [1.82, 2.24) is 15.1 Å². The monoisotopic (exact) mass is 399 g/mol. The summed E-state index contributed by atoms with van der Waals surface area (Å²) in [5.41, 5.74) is 1.26. The van der Waals surface area contributed by atoms with Crippen molar-refractivity contribution in [3.8, 4) is 5.75 Å². The number of fused-ring (bicyclic) bond motifs is 1. The van der Waals surface area contributed by atoms with Crippen molar-refractivity contribution in [3.05, 3.63) is 29.5 Å². The number of furan rings is 1. The quantitative estimate of drug-likeness (QED) is 0.856. The molecule has 1 aliphatic carbocycles. The summed E-state index contributed by atoms with van der Waals surface area (Å²) in [5.74, 6) is 1.24.